The number of carbonyl (C=O) groups excluding carboxylic acids is 2. The lowest BCUT2D eigenvalue weighted by Crippen LogP contribution is -2.27. The normalized spacial score (nSPS) is 15.6. The molecule has 0 radical (unpaired) electrons. The van der Waals surface area contributed by atoms with E-state index in [0.29, 0.717) is 29.2 Å². The summed E-state index contributed by atoms with van der Waals surface area (Å²) in [6, 6.07) is 10.2. The van der Waals surface area contributed by atoms with Gasteiger partial charge in [0.2, 0.25) is 15.9 Å². The van der Waals surface area contributed by atoms with Gasteiger partial charge in [-0.25, -0.2) is 8.42 Å². The average Bonchev–Trinajstić information content (AvgIpc) is 3.25. The van der Waals surface area contributed by atoms with Gasteiger partial charge in [0.25, 0.3) is 5.91 Å². The highest BCUT2D eigenvalue weighted by atomic mass is 32.2. The van der Waals surface area contributed by atoms with Crippen LogP contribution in [0.5, 0.6) is 0 Å². The van der Waals surface area contributed by atoms with Gasteiger partial charge in [0.15, 0.2) is 0 Å². The Balaban J connectivity index is 1.48. The van der Waals surface area contributed by atoms with E-state index in [4.69, 9.17) is 0 Å². The lowest BCUT2D eigenvalue weighted by atomic mass is 10.2. The summed E-state index contributed by atoms with van der Waals surface area (Å²) in [6.07, 6.45) is 0.775. The molecule has 3 rings (SSSR count). The summed E-state index contributed by atoms with van der Waals surface area (Å²) in [6.45, 7) is 0.727. The first-order valence-corrected chi connectivity index (χ1v) is 10.7. The number of anilines is 2. The standard InChI is InChI=1S/C17H19N3O4S2/c21-16(8-9-18-17(22)15-3-1-11-25-15)19-13-4-6-14(7-5-13)20-10-2-12-26(20,23)24/h1,3-7,11H,2,8-10,12H2,(H,18,22)(H,19,21). The van der Waals surface area contributed by atoms with Crippen LogP contribution in [0.25, 0.3) is 0 Å². The Labute approximate surface area is 156 Å². The van der Waals surface area contributed by atoms with E-state index in [1.54, 1.807) is 36.4 Å². The third-order valence-electron chi connectivity index (χ3n) is 3.92. The van der Waals surface area contributed by atoms with Crippen LogP contribution >= 0.6 is 11.3 Å². The maximum atomic E-state index is 12.0. The third-order valence-corrected chi connectivity index (χ3v) is 6.66. The van der Waals surface area contributed by atoms with Gasteiger partial charge < -0.3 is 10.6 Å². The molecule has 9 heteroatoms. The molecule has 2 aromatic rings. The number of hydrogen-bond donors (Lipinski definition) is 2. The molecular weight excluding hydrogens is 374 g/mol. The van der Waals surface area contributed by atoms with Gasteiger partial charge >= 0.3 is 0 Å². The summed E-state index contributed by atoms with van der Waals surface area (Å²) in [5, 5.41) is 7.25. The van der Waals surface area contributed by atoms with Crippen LogP contribution in [0.2, 0.25) is 0 Å². The van der Waals surface area contributed by atoms with Crippen LogP contribution in [0.3, 0.4) is 0 Å². The van der Waals surface area contributed by atoms with Crippen LogP contribution in [-0.4, -0.2) is 39.1 Å². The van der Waals surface area contributed by atoms with Crippen LogP contribution in [0.4, 0.5) is 11.4 Å². The number of benzene rings is 1. The number of carbonyl (C=O) groups is 2. The molecular formula is C17H19N3O4S2. The van der Waals surface area contributed by atoms with E-state index in [-0.39, 0.29) is 30.5 Å². The Morgan fingerprint density at radius 2 is 1.92 bits per heavy atom. The zero-order chi connectivity index (χ0) is 18.6. The second-order valence-corrected chi connectivity index (χ2v) is 8.78. The van der Waals surface area contributed by atoms with Gasteiger partial charge in [0.05, 0.1) is 16.3 Å². The molecule has 7 nitrogen and oxygen atoms in total. The highest BCUT2D eigenvalue weighted by Crippen LogP contribution is 2.25. The van der Waals surface area contributed by atoms with Gasteiger partial charge in [0, 0.05) is 25.2 Å². The van der Waals surface area contributed by atoms with Crippen LogP contribution in [0, 0.1) is 0 Å². The molecule has 2 N–H and O–H groups in total. The summed E-state index contributed by atoms with van der Waals surface area (Å²) in [7, 11) is -3.21. The van der Waals surface area contributed by atoms with Crippen molar-refractivity contribution in [2.24, 2.45) is 0 Å². The van der Waals surface area contributed by atoms with Gasteiger partial charge in [-0.3, -0.25) is 13.9 Å². The molecule has 2 amide bonds. The van der Waals surface area contributed by atoms with Gasteiger partial charge in [-0.15, -0.1) is 11.3 Å². The summed E-state index contributed by atoms with van der Waals surface area (Å²) in [5.74, 6) is -0.245. The summed E-state index contributed by atoms with van der Waals surface area (Å²) < 4.78 is 25.2. The van der Waals surface area contributed by atoms with Gasteiger partial charge in [0.1, 0.15) is 0 Å². The van der Waals surface area contributed by atoms with Gasteiger partial charge in [-0.2, -0.15) is 0 Å². The molecule has 1 aliphatic heterocycles. The van der Waals surface area contributed by atoms with Crippen LogP contribution < -0.4 is 14.9 Å². The predicted molar refractivity (Wildman–Crippen MR) is 102 cm³/mol. The number of nitrogens with one attached hydrogen (secondary N) is 2. The zero-order valence-corrected chi connectivity index (χ0v) is 15.6. The average molecular weight is 393 g/mol. The quantitative estimate of drug-likeness (QED) is 0.785. The summed E-state index contributed by atoms with van der Waals surface area (Å²) in [4.78, 5) is 24.3. The maximum absolute atomic E-state index is 12.0. The number of hydrogen-bond acceptors (Lipinski definition) is 5. The highest BCUT2D eigenvalue weighted by Gasteiger charge is 2.28. The maximum Gasteiger partial charge on any atom is 0.261 e. The molecule has 1 aromatic heterocycles. The molecule has 0 atom stereocenters. The molecule has 0 unspecified atom stereocenters. The van der Waals surface area contributed by atoms with Crippen molar-refractivity contribution < 1.29 is 18.0 Å². The van der Waals surface area contributed by atoms with Gasteiger partial charge in [-0.1, -0.05) is 6.07 Å². The van der Waals surface area contributed by atoms with Crippen molar-refractivity contribution in [3.8, 4) is 0 Å². The number of amides is 2. The molecule has 0 spiro atoms. The molecule has 1 aromatic carbocycles. The largest absolute Gasteiger partial charge is 0.351 e. The van der Waals surface area contributed by atoms with Crippen LogP contribution in [0.15, 0.2) is 41.8 Å². The van der Waals surface area contributed by atoms with E-state index in [9.17, 15) is 18.0 Å². The van der Waals surface area contributed by atoms with E-state index in [1.807, 2.05) is 5.38 Å². The number of thiophene rings is 1. The molecule has 0 aliphatic carbocycles. The van der Waals surface area contributed by atoms with Gasteiger partial charge in [-0.05, 0) is 42.1 Å². The van der Waals surface area contributed by atoms with E-state index in [2.05, 4.69) is 10.6 Å². The first-order chi connectivity index (χ1) is 12.5. The number of nitrogens with zero attached hydrogens (tertiary/aromatic N) is 1. The topological polar surface area (TPSA) is 95.6 Å². The fourth-order valence-corrected chi connectivity index (χ4v) is 4.85. The Morgan fingerprint density at radius 3 is 2.54 bits per heavy atom. The number of rotatable bonds is 6. The minimum absolute atomic E-state index is 0.152. The Morgan fingerprint density at radius 1 is 1.15 bits per heavy atom. The van der Waals surface area contributed by atoms with Crippen molar-refractivity contribution in [2.75, 3.05) is 28.5 Å². The summed E-state index contributed by atoms with van der Waals surface area (Å²) >= 11 is 1.34. The van der Waals surface area contributed by atoms with Crippen molar-refractivity contribution in [1.29, 1.82) is 0 Å². The van der Waals surface area contributed by atoms with Crippen molar-refractivity contribution in [3.05, 3.63) is 46.7 Å². The second kappa shape index (κ2) is 7.88. The smallest absolute Gasteiger partial charge is 0.261 e. The van der Waals surface area contributed by atoms with E-state index >= 15 is 0 Å². The highest BCUT2D eigenvalue weighted by molar-refractivity contribution is 7.93. The molecule has 138 valence electrons. The van der Waals surface area contributed by atoms with E-state index in [0.717, 1.165) is 0 Å². The van der Waals surface area contributed by atoms with Crippen molar-refractivity contribution in [1.82, 2.24) is 5.32 Å². The van der Waals surface area contributed by atoms with Crippen LogP contribution in [0.1, 0.15) is 22.5 Å². The minimum Gasteiger partial charge on any atom is -0.351 e. The van der Waals surface area contributed by atoms with Crippen molar-refractivity contribution >= 4 is 44.5 Å². The Kier molecular flexibility index (Phi) is 5.58. The molecule has 1 fully saturated rings. The Hall–Kier alpha value is -2.39. The molecule has 0 bridgehead atoms. The molecule has 2 heterocycles. The molecule has 1 aliphatic rings. The lowest BCUT2D eigenvalue weighted by Gasteiger charge is -2.17. The first-order valence-electron chi connectivity index (χ1n) is 8.18. The first kappa shape index (κ1) is 18.4. The van der Waals surface area contributed by atoms with E-state index in [1.165, 1.54) is 15.6 Å². The number of sulfonamides is 1. The molecule has 26 heavy (non-hydrogen) atoms. The fraction of sp³-hybridized carbons (Fsp3) is 0.294. The SMILES string of the molecule is O=C(CCNC(=O)c1cccs1)Nc1ccc(N2CCCS2(=O)=O)cc1. The summed E-state index contributed by atoms with van der Waals surface area (Å²) in [5.41, 5.74) is 1.18. The zero-order valence-electron chi connectivity index (χ0n) is 14.0. The minimum atomic E-state index is -3.21. The van der Waals surface area contributed by atoms with Crippen molar-refractivity contribution in [3.63, 3.8) is 0 Å². The van der Waals surface area contributed by atoms with Crippen molar-refractivity contribution in [2.45, 2.75) is 12.8 Å². The third kappa shape index (κ3) is 4.41. The van der Waals surface area contributed by atoms with E-state index < -0.39 is 10.0 Å². The second-order valence-electron chi connectivity index (χ2n) is 5.82. The fourth-order valence-electron chi connectivity index (χ4n) is 2.65. The monoisotopic (exact) mass is 393 g/mol. The Bertz CT molecular complexity index is 877. The van der Waals surface area contributed by atoms with Crippen LogP contribution in [-0.2, 0) is 14.8 Å². The molecule has 0 saturated carbocycles. The molecule has 1 saturated heterocycles. The predicted octanol–water partition coefficient (Wildman–Crippen LogP) is 2.05. The lowest BCUT2D eigenvalue weighted by molar-refractivity contribution is -0.116.